The first-order chi connectivity index (χ1) is 9.61. The Kier molecular flexibility index (Phi) is 5.05. The minimum atomic E-state index is 0.0356. The number of urea groups is 1. The molecule has 1 aromatic rings. The van der Waals surface area contributed by atoms with Crippen LogP contribution in [0.3, 0.4) is 0 Å². The first-order valence-electron chi connectivity index (χ1n) is 7.79. The van der Waals surface area contributed by atoms with Gasteiger partial charge in [-0.3, -0.25) is 0 Å². The molecule has 3 heteroatoms. The lowest BCUT2D eigenvalue weighted by molar-refractivity contribution is 0.170. The Bertz CT molecular complexity index is 441. The van der Waals surface area contributed by atoms with Gasteiger partial charge in [-0.2, -0.15) is 0 Å². The fourth-order valence-electron chi connectivity index (χ4n) is 2.73. The Morgan fingerprint density at radius 3 is 2.65 bits per heavy atom. The third kappa shape index (κ3) is 3.53. The Balaban J connectivity index is 1.97. The van der Waals surface area contributed by atoms with Crippen molar-refractivity contribution in [2.75, 3.05) is 11.9 Å². The summed E-state index contributed by atoms with van der Waals surface area (Å²) in [4.78, 5) is 14.2. The van der Waals surface area contributed by atoms with Crippen LogP contribution in [0.1, 0.15) is 57.9 Å². The van der Waals surface area contributed by atoms with Crippen LogP contribution in [0.2, 0.25) is 0 Å². The van der Waals surface area contributed by atoms with E-state index in [2.05, 4.69) is 38.2 Å². The molecule has 3 nitrogen and oxygen atoms in total. The summed E-state index contributed by atoms with van der Waals surface area (Å²) in [6, 6.07) is 8.63. The third-order valence-electron chi connectivity index (χ3n) is 4.41. The Labute approximate surface area is 122 Å². The molecule has 0 saturated carbocycles. The van der Waals surface area contributed by atoms with Gasteiger partial charge >= 0.3 is 6.03 Å². The molecule has 1 fully saturated rings. The lowest BCUT2D eigenvalue weighted by Crippen LogP contribution is -2.44. The van der Waals surface area contributed by atoms with Crippen molar-refractivity contribution in [2.45, 2.75) is 58.4 Å². The molecule has 0 aliphatic carbocycles. The van der Waals surface area contributed by atoms with E-state index in [0.717, 1.165) is 31.5 Å². The van der Waals surface area contributed by atoms with Crippen molar-refractivity contribution in [1.82, 2.24) is 4.90 Å². The summed E-state index contributed by atoms with van der Waals surface area (Å²) < 4.78 is 0. The van der Waals surface area contributed by atoms with E-state index in [0.29, 0.717) is 12.0 Å². The Hall–Kier alpha value is -1.51. The summed E-state index contributed by atoms with van der Waals surface area (Å²) in [5.41, 5.74) is 2.22. The monoisotopic (exact) mass is 274 g/mol. The molecule has 0 aromatic heterocycles. The van der Waals surface area contributed by atoms with Gasteiger partial charge in [0.05, 0.1) is 0 Å². The van der Waals surface area contributed by atoms with E-state index in [1.165, 1.54) is 12.0 Å². The molecule has 2 amide bonds. The van der Waals surface area contributed by atoms with Crippen molar-refractivity contribution in [3.8, 4) is 0 Å². The highest BCUT2D eigenvalue weighted by Crippen LogP contribution is 2.22. The third-order valence-corrected chi connectivity index (χ3v) is 4.41. The van der Waals surface area contributed by atoms with E-state index in [-0.39, 0.29) is 6.03 Å². The molecule has 2 rings (SSSR count). The highest BCUT2D eigenvalue weighted by atomic mass is 16.2. The van der Waals surface area contributed by atoms with Crippen LogP contribution in [-0.2, 0) is 0 Å². The molecule has 0 spiro atoms. The molecule has 1 heterocycles. The number of carbonyl (C=O) groups is 1. The van der Waals surface area contributed by atoms with Crippen molar-refractivity contribution in [1.29, 1.82) is 0 Å². The largest absolute Gasteiger partial charge is 0.322 e. The maximum atomic E-state index is 12.3. The van der Waals surface area contributed by atoms with Gasteiger partial charge in [0.15, 0.2) is 0 Å². The van der Waals surface area contributed by atoms with Crippen molar-refractivity contribution in [3.63, 3.8) is 0 Å². The van der Waals surface area contributed by atoms with Crippen LogP contribution in [0, 0.1) is 0 Å². The van der Waals surface area contributed by atoms with Crippen molar-refractivity contribution >= 4 is 11.7 Å². The van der Waals surface area contributed by atoms with Crippen LogP contribution in [0.4, 0.5) is 10.5 Å². The Morgan fingerprint density at radius 2 is 2.05 bits per heavy atom. The molecule has 0 radical (unpaired) electrons. The van der Waals surface area contributed by atoms with Gasteiger partial charge in [0.1, 0.15) is 0 Å². The molecule has 110 valence electrons. The molecular weight excluding hydrogens is 248 g/mol. The van der Waals surface area contributed by atoms with E-state index in [1.54, 1.807) is 0 Å². The number of nitrogens with zero attached hydrogens (tertiary/aromatic N) is 1. The van der Waals surface area contributed by atoms with Gasteiger partial charge in [0.2, 0.25) is 0 Å². The van der Waals surface area contributed by atoms with Crippen LogP contribution < -0.4 is 5.32 Å². The molecular formula is C17H26N2O. The van der Waals surface area contributed by atoms with Gasteiger partial charge in [0.25, 0.3) is 0 Å². The molecule has 0 unspecified atom stereocenters. The molecule has 0 bridgehead atoms. The summed E-state index contributed by atoms with van der Waals surface area (Å²) in [6.45, 7) is 7.42. The predicted octanol–water partition coefficient (Wildman–Crippen LogP) is 4.61. The number of hydrogen-bond acceptors (Lipinski definition) is 1. The number of likely N-dealkylation sites (tertiary alicyclic amines) is 1. The number of nitrogens with one attached hydrogen (secondary N) is 1. The fraction of sp³-hybridized carbons (Fsp3) is 0.588. The van der Waals surface area contributed by atoms with Gasteiger partial charge < -0.3 is 10.2 Å². The van der Waals surface area contributed by atoms with Crippen LogP contribution in [-0.4, -0.2) is 23.5 Å². The molecule has 1 aromatic carbocycles. The average Bonchev–Trinajstić information content (AvgIpc) is 2.47. The topological polar surface area (TPSA) is 32.3 Å². The second kappa shape index (κ2) is 6.78. The number of benzene rings is 1. The van der Waals surface area contributed by atoms with Gasteiger partial charge in [-0.15, -0.1) is 0 Å². The molecule has 20 heavy (non-hydrogen) atoms. The van der Waals surface area contributed by atoms with Gasteiger partial charge in [-0.25, -0.2) is 4.79 Å². The highest BCUT2D eigenvalue weighted by Gasteiger charge is 2.22. The summed E-state index contributed by atoms with van der Waals surface area (Å²) in [7, 11) is 0. The lowest BCUT2D eigenvalue weighted by Gasteiger charge is -2.33. The number of carbonyl (C=O) groups excluding carboxylic acids is 1. The van der Waals surface area contributed by atoms with Crippen molar-refractivity contribution in [2.24, 2.45) is 0 Å². The molecule has 1 aliphatic heterocycles. The standard InChI is InChI=1S/C17H26N2O/c1-4-13(2)15-8-10-16(11-9-15)18-17(20)19-12-6-5-7-14(19)3/h8-11,13-14H,4-7,12H2,1-3H3,(H,18,20)/t13-,14+/m0/s1. The Morgan fingerprint density at radius 1 is 1.35 bits per heavy atom. The summed E-state index contributed by atoms with van der Waals surface area (Å²) in [5.74, 6) is 0.571. The molecule has 2 atom stereocenters. The second-order valence-corrected chi connectivity index (χ2v) is 5.90. The van der Waals surface area contributed by atoms with Crippen molar-refractivity contribution in [3.05, 3.63) is 29.8 Å². The van der Waals surface area contributed by atoms with E-state index in [9.17, 15) is 4.79 Å². The first-order valence-corrected chi connectivity index (χ1v) is 7.79. The zero-order valence-corrected chi connectivity index (χ0v) is 12.9. The summed E-state index contributed by atoms with van der Waals surface area (Å²) in [6.07, 6.45) is 4.59. The minimum absolute atomic E-state index is 0.0356. The predicted molar refractivity (Wildman–Crippen MR) is 84.2 cm³/mol. The lowest BCUT2D eigenvalue weighted by atomic mass is 9.99. The maximum Gasteiger partial charge on any atom is 0.322 e. The van der Waals surface area contributed by atoms with Crippen LogP contribution in [0.25, 0.3) is 0 Å². The molecule has 1 saturated heterocycles. The molecule has 1 aliphatic rings. The number of rotatable bonds is 3. The number of anilines is 1. The van der Waals surface area contributed by atoms with Gasteiger partial charge in [-0.1, -0.05) is 26.0 Å². The van der Waals surface area contributed by atoms with Crippen molar-refractivity contribution < 1.29 is 4.79 Å². The summed E-state index contributed by atoms with van der Waals surface area (Å²) in [5, 5.41) is 3.01. The molecule has 1 N–H and O–H groups in total. The summed E-state index contributed by atoms with van der Waals surface area (Å²) >= 11 is 0. The van der Waals surface area contributed by atoms with E-state index in [4.69, 9.17) is 0 Å². The zero-order chi connectivity index (χ0) is 14.5. The average molecular weight is 274 g/mol. The van der Waals surface area contributed by atoms with Gasteiger partial charge in [-0.05, 0) is 56.2 Å². The number of piperidine rings is 1. The quantitative estimate of drug-likeness (QED) is 0.858. The fourth-order valence-corrected chi connectivity index (χ4v) is 2.73. The SMILES string of the molecule is CC[C@H](C)c1ccc(NC(=O)N2CCCC[C@H]2C)cc1. The second-order valence-electron chi connectivity index (χ2n) is 5.90. The van der Waals surface area contributed by atoms with Crippen LogP contribution >= 0.6 is 0 Å². The maximum absolute atomic E-state index is 12.3. The van der Waals surface area contributed by atoms with Crippen LogP contribution in [0.15, 0.2) is 24.3 Å². The van der Waals surface area contributed by atoms with Crippen LogP contribution in [0.5, 0.6) is 0 Å². The number of amides is 2. The first kappa shape index (κ1) is 14.9. The highest BCUT2D eigenvalue weighted by molar-refractivity contribution is 5.89. The zero-order valence-electron chi connectivity index (χ0n) is 12.9. The van der Waals surface area contributed by atoms with Gasteiger partial charge in [0, 0.05) is 18.3 Å². The normalized spacial score (nSPS) is 20.6. The van der Waals surface area contributed by atoms with E-state index >= 15 is 0 Å². The minimum Gasteiger partial charge on any atom is -0.322 e. The smallest absolute Gasteiger partial charge is 0.322 e. The number of hydrogen-bond donors (Lipinski definition) is 1. The van der Waals surface area contributed by atoms with E-state index in [1.807, 2.05) is 17.0 Å². The van der Waals surface area contributed by atoms with E-state index < -0.39 is 0 Å².